The predicted octanol–water partition coefficient (Wildman–Crippen LogP) is 6.67. The Labute approximate surface area is 162 Å². The lowest BCUT2D eigenvalue weighted by molar-refractivity contribution is 0.331. The van der Waals surface area contributed by atoms with Crippen LogP contribution in [0.5, 0.6) is 0 Å². The molecule has 27 heavy (non-hydrogen) atoms. The molecule has 0 aliphatic heterocycles. The molecule has 0 radical (unpaired) electrons. The van der Waals surface area contributed by atoms with E-state index in [4.69, 9.17) is 4.98 Å². The third-order valence-electron chi connectivity index (χ3n) is 6.84. The van der Waals surface area contributed by atoms with Crippen molar-refractivity contribution in [1.82, 2.24) is 4.98 Å². The summed E-state index contributed by atoms with van der Waals surface area (Å²) in [5, 5.41) is 0. The lowest BCUT2D eigenvalue weighted by atomic mass is 9.62. The molecule has 0 fully saturated rings. The van der Waals surface area contributed by atoms with Crippen LogP contribution in [-0.2, 0) is 17.3 Å². The molecule has 0 bridgehead atoms. The van der Waals surface area contributed by atoms with Crippen molar-refractivity contribution in [1.29, 1.82) is 0 Å². The molecule has 0 spiro atoms. The van der Waals surface area contributed by atoms with E-state index < -0.39 is 0 Å². The summed E-state index contributed by atoms with van der Waals surface area (Å²) >= 11 is 0. The Hall–Kier alpha value is -2.41. The molecule has 1 aromatic heterocycles. The average molecular weight is 354 g/mol. The van der Waals surface area contributed by atoms with Crippen molar-refractivity contribution in [2.24, 2.45) is 0 Å². The molecule has 1 heterocycles. The predicted molar refractivity (Wildman–Crippen MR) is 113 cm³/mol. The van der Waals surface area contributed by atoms with Gasteiger partial charge in [0.05, 0.1) is 5.69 Å². The number of benzene rings is 2. The second-order valence-electron chi connectivity index (χ2n) is 9.52. The Balaban J connectivity index is 1.78. The lowest BCUT2D eigenvalue weighted by Crippen LogP contribution is -2.34. The zero-order valence-electron chi connectivity index (χ0n) is 16.8. The minimum Gasteiger partial charge on any atom is -0.256 e. The molecule has 5 rings (SSSR count). The maximum Gasteiger partial charge on any atom is 0.0745 e. The molecule has 1 nitrogen and oxygen atoms in total. The summed E-state index contributed by atoms with van der Waals surface area (Å²) in [4.78, 5) is 4.96. The van der Waals surface area contributed by atoms with E-state index in [1.165, 1.54) is 57.5 Å². The van der Waals surface area contributed by atoms with E-state index in [-0.39, 0.29) is 10.8 Å². The monoisotopic (exact) mass is 353 g/mol. The second kappa shape index (κ2) is 5.55. The topological polar surface area (TPSA) is 12.9 Å². The van der Waals surface area contributed by atoms with Gasteiger partial charge in [0.15, 0.2) is 0 Å². The number of pyridine rings is 1. The first kappa shape index (κ1) is 16.7. The van der Waals surface area contributed by atoms with Crippen molar-refractivity contribution >= 4 is 0 Å². The minimum atomic E-state index is 0.155. The molecule has 3 aromatic rings. The van der Waals surface area contributed by atoms with Crippen LogP contribution in [0.4, 0.5) is 0 Å². The Kier molecular flexibility index (Phi) is 3.44. The highest BCUT2D eigenvalue weighted by Gasteiger charge is 2.39. The number of rotatable bonds is 1. The molecule has 0 N–H and O–H groups in total. The summed E-state index contributed by atoms with van der Waals surface area (Å²) in [6, 6.07) is 17.8. The van der Waals surface area contributed by atoms with Gasteiger partial charge in [0.1, 0.15) is 0 Å². The zero-order chi connectivity index (χ0) is 18.8. The molecule has 0 saturated heterocycles. The molecule has 2 aromatic carbocycles. The summed E-state index contributed by atoms with van der Waals surface area (Å²) in [5.41, 5.74) is 11.5. The molecule has 136 valence electrons. The van der Waals surface area contributed by atoms with Gasteiger partial charge in [-0.25, -0.2) is 0 Å². The molecule has 0 saturated carbocycles. The molecule has 0 unspecified atom stereocenters. The van der Waals surface area contributed by atoms with Gasteiger partial charge in [0.2, 0.25) is 0 Å². The Morgan fingerprint density at radius 2 is 1.44 bits per heavy atom. The van der Waals surface area contributed by atoms with E-state index in [1.54, 1.807) is 0 Å². The van der Waals surface area contributed by atoms with E-state index in [1.807, 2.05) is 6.20 Å². The maximum atomic E-state index is 4.96. The lowest BCUT2D eigenvalue weighted by Gasteiger charge is -2.42. The quantitative estimate of drug-likeness (QED) is 0.372. The molecule has 0 atom stereocenters. The standard InChI is InChI=1S/C26H27N/c1-25(2)13-14-26(3,4)23-22(25)12-15-27-24(23)20-11-7-10-19-18-9-6-5-8-17(18)16-21(19)20/h5-12,15H,13-14,16H2,1-4H3. The SMILES string of the molecule is CC1(C)CCC(C)(C)c2c1ccnc2-c1cccc2c1Cc1ccccc1-2. The number of aromatic nitrogens is 1. The molecule has 2 aliphatic carbocycles. The van der Waals surface area contributed by atoms with Crippen LogP contribution in [0.15, 0.2) is 54.7 Å². The minimum absolute atomic E-state index is 0.155. The highest BCUT2D eigenvalue weighted by Crippen LogP contribution is 2.50. The number of hydrogen-bond acceptors (Lipinski definition) is 1. The van der Waals surface area contributed by atoms with E-state index in [2.05, 4.69) is 76.2 Å². The van der Waals surface area contributed by atoms with Crippen LogP contribution in [0.1, 0.15) is 62.8 Å². The van der Waals surface area contributed by atoms with Gasteiger partial charge in [0.25, 0.3) is 0 Å². The van der Waals surface area contributed by atoms with Crippen molar-refractivity contribution in [3.05, 3.63) is 77.0 Å². The van der Waals surface area contributed by atoms with Gasteiger partial charge in [-0.3, -0.25) is 4.98 Å². The van der Waals surface area contributed by atoms with Gasteiger partial charge in [-0.15, -0.1) is 0 Å². The highest BCUT2D eigenvalue weighted by atomic mass is 14.7. The molecule has 0 amide bonds. The largest absolute Gasteiger partial charge is 0.256 e. The van der Waals surface area contributed by atoms with Crippen LogP contribution < -0.4 is 0 Å². The summed E-state index contributed by atoms with van der Waals surface area (Å²) < 4.78 is 0. The first-order chi connectivity index (χ1) is 12.9. The smallest absolute Gasteiger partial charge is 0.0745 e. The number of nitrogens with zero attached hydrogens (tertiary/aromatic N) is 1. The third kappa shape index (κ3) is 2.41. The Morgan fingerprint density at radius 3 is 2.30 bits per heavy atom. The normalized spacial score (nSPS) is 18.5. The third-order valence-corrected chi connectivity index (χ3v) is 6.84. The summed E-state index contributed by atoms with van der Waals surface area (Å²) in [7, 11) is 0. The summed E-state index contributed by atoms with van der Waals surface area (Å²) in [5.74, 6) is 0. The molecular formula is C26H27N. The Bertz CT molecular complexity index is 1060. The van der Waals surface area contributed by atoms with E-state index >= 15 is 0 Å². The van der Waals surface area contributed by atoms with Gasteiger partial charge in [-0.1, -0.05) is 70.2 Å². The maximum absolute atomic E-state index is 4.96. The Morgan fingerprint density at radius 1 is 0.741 bits per heavy atom. The van der Waals surface area contributed by atoms with Crippen molar-refractivity contribution < 1.29 is 0 Å². The van der Waals surface area contributed by atoms with Gasteiger partial charge < -0.3 is 0 Å². The fourth-order valence-corrected chi connectivity index (χ4v) is 5.18. The van der Waals surface area contributed by atoms with Gasteiger partial charge in [-0.05, 0) is 69.5 Å². The fraction of sp³-hybridized carbons (Fsp3) is 0.346. The van der Waals surface area contributed by atoms with Crippen molar-refractivity contribution in [3.8, 4) is 22.4 Å². The van der Waals surface area contributed by atoms with Crippen LogP contribution in [-0.4, -0.2) is 4.98 Å². The van der Waals surface area contributed by atoms with Crippen LogP contribution in [0, 0.1) is 0 Å². The second-order valence-corrected chi connectivity index (χ2v) is 9.52. The van der Waals surface area contributed by atoms with Gasteiger partial charge in [0, 0.05) is 11.8 Å². The van der Waals surface area contributed by atoms with E-state index in [0.717, 1.165) is 6.42 Å². The number of hydrogen-bond donors (Lipinski definition) is 0. The highest BCUT2D eigenvalue weighted by molar-refractivity contribution is 5.85. The van der Waals surface area contributed by atoms with Crippen LogP contribution in [0.3, 0.4) is 0 Å². The van der Waals surface area contributed by atoms with Crippen LogP contribution >= 0.6 is 0 Å². The first-order valence-electron chi connectivity index (χ1n) is 10.1. The number of fused-ring (bicyclic) bond motifs is 4. The van der Waals surface area contributed by atoms with Crippen molar-refractivity contribution in [2.75, 3.05) is 0 Å². The average Bonchev–Trinajstić information content (AvgIpc) is 3.04. The fourth-order valence-electron chi connectivity index (χ4n) is 5.18. The van der Waals surface area contributed by atoms with Gasteiger partial charge in [-0.2, -0.15) is 0 Å². The first-order valence-corrected chi connectivity index (χ1v) is 10.1. The van der Waals surface area contributed by atoms with E-state index in [9.17, 15) is 0 Å². The van der Waals surface area contributed by atoms with Crippen molar-refractivity contribution in [3.63, 3.8) is 0 Å². The molecular weight excluding hydrogens is 326 g/mol. The zero-order valence-corrected chi connectivity index (χ0v) is 16.8. The van der Waals surface area contributed by atoms with Crippen molar-refractivity contribution in [2.45, 2.75) is 57.8 Å². The van der Waals surface area contributed by atoms with Crippen LogP contribution in [0.25, 0.3) is 22.4 Å². The molecule has 1 heteroatoms. The van der Waals surface area contributed by atoms with E-state index in [0.29, 0.717) is 0 Å². The summed E-state index contributed by atoms with van der Waals surface area (Å²) in [6.07, 6.45) is 5.48. The van der Waals surface area contributed by atoms with Crippen LogP contribution in [0.2, 0.25) is 0 Å². The molecule has 2 aliphatic rings. The van der Waals surface area contributed by atoms with Gasteiger partial charge >= 0.3 is 0 Å². The summed E-state index contributed by atoms with van der Waals surface area (Å²) in [6.45, 7) is 9.56.